The van der Waals surface area contributed by atoms with Gasteiger partial charge in [0.25, 0.3) is 0 Å². The Labute approximate surface area is 95.3 Å². The summed E-state index contributed by atoms with van der Waals surface area (Å²) in [4.78, 5) is 2.34. The number of aromatic nitrogens is 3. The molecule has 1 saturated heterocycles. The molecule has 1 N–H and O–H groups in total. The van der Waals surface area contributed by atoms with Crippen molar-refractivity contribution in [1.29, 1.82) is 0 Å². The molecular weight excluding hydrogens is 208 g/mol. The number of anilines is 1. The van der Waals surface area contributed by atoms with Crippen molar-refractivity contribution in [2.75, 3.05) is 18.0 Å². The normalized spacial score (nSPS) is 21.2. The predicted molar refractivity (Wildman–Crippen MR) is 63.7 cm³/mol. The minimum Gasteiger partial charge on any atom is -0.341 e. The van der Waals surface area contributed by atoms with E-state index in [4.69, 9.17) is 12.2 Å². The van der Waals surface area contributed by atoms with E-state index in [1.807, 2.05) is 0 Å². The van der Waals surface area contributed by atoms with E-state index in [2.05, 4.69) is 33.5 Å². The zero-order chi connectivity index (χ0) is 10.8. The average molecular weight is 226 g/mol. The number of rotatable bonds is 3. The summed E-state index contributed by atoms with van der Waals surface area (Å²) in [5, 5.41) is 7.18. The Morgan fingerprint density at radius 2 is 2.33 bits per heavy atom. The molecule has 1 aromatic rings. The van der Waals surface area contributed by atoms with Crippen molar-refractivity contribution in [3.05, 3.63) is 4.77 Å². The molecule has 0 saturated carbocycles. The van der Waals surface area contributed by atoms with Gasteiger partial charge in [-0.3, -0.25) is 4.57 Å². The topological polar surface area (TPSA) is 36.9 Å². The van der Waals surface area contributed by atoms with Crippen LogP contribution in [0.1, 0.15) is 26.7 Å². The molecule has 0 amide bonds. The van der Waals surface area contributed by atoms with Gasteiger partial charge in [-0.2, -0.15) is 0 Å². The van der Waals surface area contributed by atoms with Crippen LogP contribution in [0.5, 0.6) is 0 Å². The van der Waals surface area contributed by atoms with Crippen molar-refractivity contribution in [1.82, 2.24) is 14.8 Å². The largest absolute Gasteiger partial charge is 0.341 e. The van der Waals surface area contributed by atoms with Crippen LogP contribution < -0.4 is 4.90 Å². The van der Waals surface area contributed by atoms with Gasteiger partial charge in [0.05, 0.1) is 0 Å². The minimum atomic E-state index is 0.729. The molecule has 0 radical (unpaired) electrons. The van der Waals surface area contributed by atoms with E-state index >= 15 is 0 Å². The fourth-order valence-electron chi connectivity index (χ4n) is 2.18. The number of hydrogen-bond donors (Lipinski definition) is 1. The van der Waals surface area contributed by atoms with Gasteiger partial charge in [0, 0.05) is 19.6 Å². The first-order valence-corrected chi connectivity index (χ1v) is 6.07. The molecule has 2 heterocycles. The van der Waals surface area contributed by atoms with Crippen LogP contribution in [0.15, 0.2) is 0 Å². The van der Waals surface area contributed by atoms with E-state index in [-0.39, 0.29) is 0 Å². The highest BCUT2D eigenvalue weighted by atomic mass is 32.1. The van der Waals surface area contributed by atoms with Crippen molar-refractivity contribution >= 4 is 18.2 Å². The fraction of sp³-hybridized carbons (Fsp3) is 0.800. The third-order valence-electron chi connectivity index (χ3n) is 3.20. The second-order valence-corrected chi connectivity index (χ2v) is 4.47. The zero-order valence-corrected chi connectivity index (χ0v) is 10.2. The molecular formula is C10H18N4S. The van der Waals surface area contributed by atoms with E-state index in [9.17, 15) is 0 Å². The lowest BCUT2D eigenvalue weighted by Crippen LogP contribution is -2.23. The van der Waals surface area contributed by atoms with Crippen LogP contribution >= 0.6 is 12.2 Å². The van der Waals surface area contributed by atoms with Gasteiger partial charge >= 0.3 is 0 Å². The molecule has 0 bridgehead atoms. The van der Waals surface area contributed by atoms with E-state index in [1.54, 1.807) is 0 Å². The first-order chi connectivity index (χ1) is 7.26. The van der Waals surface area contributed by atoms with Crippen LogP contribution in [0.4, 0.5) is 5.95 Å². The molecule has 1 aliphatic heterocycles. The van der Waals surface area contributed by atoms with Crippen molar-refractivity contribution in [2.24, 2.45) is 5.92 Å². The van der Waals surface area contributed by atoms with Gasteiger partial charge in [0.2, 0.25) is 5.95 Å². The van der Waals surface area contributed by atoms with Crippen LogP contribution in [0.3, 0.4) is 0 Å². The third kappa shape index (κ3) is 1.93. The predicted octanol–water partition coefficient (Wildman–Crippen LogP) is 2.20. The quantitative estimate of drug-likeness (QED) is 0.803. The van der Waals surface area contributed by atoms with Gasteiger partial charge in [-0.1, -0.05) is 13.3 Å². The monoisotopic (exact) mass is 226 g/mol. The minimum absolute atomic E-state index is 0.729. The van der Waals surface area contributed by atoms with Crippen LogP contribution in [-0.4, -0.2) is 27.9 Å². The van der Waals surface area contributed by atoms with Crippen LogP contribution in [0, 0.1) is 10.7 Å². The Balaban J connectivity index is 2.20. The van der Waals surface area contributed by atoms with E-state index < -0.39 is 0 Å². The Morgan fingerprint density at radius 3 is 2.93 bits per heavy atom. The van der Waals surface area contributed by atoms with Crippen molar-refractivity contribution in [3.63, 3.8) is 0 Å². The second-order valence-electron chi connectivity index (χ2n) is 4.08. The van der Waals surface area contributed by atoms with Gasteiger partial charge in [0.15, 0.2) is 4.77 Å². The Morgan fingerprint density at radius 1 is 1.53 bits per heavy atom. The molecule has 0 spiro atoms. The lowest BCUT2D eigenvalue weighted by Gasteiger charge is -2.17. The van der Waals surface area contributed by atoms with Gasteiger partial charge in [0.1, 0.15) is 0 Å². The SMILES string of the molecule is CCC1CCN(c2n[nH]c(=S)n2CC)C1. The number of aromatic amines is 1. The molecule has 1 unspecified atom stereocenters. The maximum atomic E-state index is 5.18. The lowest BCUT2D eigenvalue weighted by molar-refractivity contribution is 0.567. The molecule has 1 fully saturated rings. The fourth-order valence-corrected chi connectivity index (χ4v) is 2.44. The summed E-state index contributed by atoms with van der Waals surface area (Å²) in [5.74, 6) is 1.83. The van der Waals surface area contributed by atoms with Crippen molar-refractivity contribution in [2.45, 2.75) is 33.2 Å². The molecule has 0 aromatic carbocycles. The molecule has 4 nitrogen and oxygen atoms in total. The number of H-pyrrole nitrogens is 1. The van der Waals surface area contributed by atoms with Gasteiger partial charge in [-0.15, -0.1) is 5.10 Å². The first-order valence-electron chi connectivity index (χ1n) is 5.66. The van der Waals surface area contributed by atoms with Crippen LogP contribution in [0.2, 0.25) is 0 Å². The van der Waals surface area contributed by atoms with Crippen molar-refractivity contribution < 1.29 is 0 Å². The van der Waals surface area contributed by atoms with Crippen LogP contribution in [0.25, 0.3) is 0 Å². The smallest absolute Gasteiger partial charge is 0.225 e. The molecule has 1 atom stereocenters. The molecule has 0 aliphatic carbocycles. The summed E-state index contributed by atoms with van der Waals surface area (Å²) < 4.78 is 2.79. The molecule has 15 heavy (non-hydrogen) atoms. The highest BCUT2D eigenvalue weighted by molar-refractivity contribution is 7.71. The summed E-state index contributed by atoms with van der Waals surface area (Å²) in [6.07, 6.45) is 2.54. The molecule has 84 valence electrons. The highest BCUT2D eigenvalue weighted by Gasteiger charge is 2.24. The Bertz CT molecular complexity index is 381. The highest BCUT2D eigenvalue weighted by Crippen LogP contribution is 2.23. The average Bonchev–Trinajstić information content (AvgIpc) is 2.83. The van der Waals surface area contributed by atoms with E-state index in [1.165, 1.54) is 12.8 Å². The molecule has 2 rings (SSSR count). The summed E-state index contributed by atoms with van der Waals surface area (Å²) in [7, 11) is 0. The standard InChI is InChI=1S/C10H18N4S/c1-3-8-5-6-13(7-8)9-11-12-10(15)14(9)4-2/h8H,3-7H2,1-2H3,(H,12,15). The lowest BCUT2D eigenvalue weighted by atomic mass is 10.1. The van der Waals surface area contributed by atoms with Gasteiger partial charge in [-0.25, -0.2) is 5.10 Å². The summed E-state index contributed by atoms with van der Waals surface area (Å²) >= 11 is 5.18. The second kappa shape index (κ2) is 4.35. The number of hydrogen-bond acceptors (Lipinski definition) is 3. The summed E-state index contributed by atoms with van der Waals surface area (Å²) in [6, 6.07) is 0. The zero-order valence-electron chi connectivity index (χ0n) is 9.36. The maximum absolute atomic E-state index is 5.18. The third-order valence-corrected chi connectivity index (χ3v) is 3.51. The van der Waals surface area contributed by atoms with Gasteiger partial charge < -0.3 is 4.90 Å². The maximum Gasteiger partial charge on any atom is 0.225 e. The Hall–Kier alpha value is -0.840. The molecule has 1 aromatic heterocycles. The van der Waals surface area contributed by atoms with E-state index in [0.29, 0.717) is 0 Å². The first kappa shape index (κ1) is 10.7. The molecule has 1 aliphatic rings. The van der Waals surface area contributed by atoms with Crippen molar-refractivity contribution in [3.8, 4) is 0 Å². The summed E-state index contributed by atoms with van der Waals surface area (Å²) in [6.45, 7) is 7.47. The molecule has 5 heteroatoms. The number of nitrogens with zero attached hydrogens (tertiary/aromatic N) is 3. The number of nitrogens with one attached hydrogen (secondary N) is 1. The van der Waals surface area contributed by atoms with Gasteiger partial charge in [-0.05, 0) is 31.5 Å². The van der Waals surface area contributed by atoms with Crippen LogP contribution in [-0.2, 0) is 6.54 Å². The van der Waals surface area contributed by atoms with E-state index in [0.717, 1.165) is 36.3 Å². The summed E-state index contributed by atoms with van der Waals surface area (Å²) in [5.41, 5.74) is 0. The Kier molecular flexibility index (Phi) is 3.09.